The van der Waals surface area contributed by atoms with Crippen molar-refractivity contribution in [2.75, 3.05) is 0 Å². The van der Waals surface area contributed by atoms with Crippen LogP contribution >= 0.6 is 0 Å². The fourth-order valence-electron chi connectivity index (χ4n) is 2.14. The number of hydrogen-bond acceptors (Lipinski definition) is 3. The van der Waals surface area contributed by atoms with Gasteiger partial charge in [0.25, 0.3) is 11.5 Å². The van der Waals surface area contributed by atoms with Crippen LogP contribution in [0.25, 0.3) is 5.65 Å². The Morgan fingerprint density at radius 2 is 2.09 bits per heavy atom. The van der Waals surface area contributed by atoms with Crippen LogP contribution in [0.15, 0.2) is 41.3 Å². The van der Waals surface area contributed by atoms with E-state index in [0.717, 1.165) is 5.56 Å². The summed E-state index contributed by atoms with van der Waals surface area (Å²) < 4.78 is 14.0. The van der Waals surface area contributed by atoms with E-state index in [1.807, 2.05) is 0 Å². The van der Waals surface area contributed by atoms with Gasteiger partial charge >= 0.3 is 0 Å². The van der Waals surface area contributed by atoms with E-state index >= 15 is 0 Å². The highest BCUT2D eigenvalue weighted by Gasteiger charge is 2.14. The number of nitrogens with one attached hydrogen (secondary N) is 2. The average Bonchev–Trinajstić information content (AvgIpc) is 2.90. The van der Waals surface area contributed by atoms with Gasteiger partial charge in [0.2, 0.25) is 0 Å². The molecule has 0 aliphatic carbocycles. The fraction of sp³-hybridized carbons (Fsp3) is 0.133. The molecule has 2 aromatic heterocycles. The predicted molar refractivity (Wildman–Crippen MR) is 78.1 cm³/mol. The second-order valence-electron chi connectivity index (χ2n) is 4.89. The number of rotatable bonds is 3. The molecule has 0 aliphatic heterocycles. The van der Waals surface area contributed by atoms with Crippen LogP contribution in [0.5, 0.6) is 0 Å². The van der Waals surface area contributed by atoms with Crippen LogP contribution in [0.2, 0.25) is 0 Å². The molecule has 0 fully saturated rings. The lowest BCUT2D eigenvalue weighted by Crippen LogP contribution is -2.23. The van der Waals surface area contributed by atoms with Crippen molar-refractivity contribution in [1.29, 1.82) is 0 Å². The number of aromatic amines is 1. The Kier molecular flexibility index (Phi) is 3.46. The molecular weight excluding hydrogens is 287 g/mol. The Labute approximate surface area is 124 Å². The first-order valence-corrected chi connectivity index (χ1v) is 6.65. The zero-order chi connectivity index (χ0) is 15.7. The summed E-state index contributed by atoms with van der Waals surface area (Å²) in [4.78, 5) is 28.2. The summed E-state index contributed by atoms with van der Waals surface area (Å²) in [7, 11) is 0. The van der Waals surface area contributed by atoms with E-state index in [2.05, 4.69) is 15.4 Å². The largest absolute Gasteiger partial charge is 0.348 e. The molecule has 0 aliphatic rings. The molecule has 1 aromatic carbocycles. The van der Waals surface area contributed by atoms with E-state index < -0.39 is 0 Å². The maximum atomic E-state index is 12.8. The quantitative estimate of drug-likeness (QED) is 0.767. The third-order valence-corrected chi connectivity index (χ3v) is 3.24. The minimum absolute atomic E-state index is 0.256. The molecule has 0 radical (unpaired) electrons. The Balaban J connectivity index is 1.83. The summed E-state index contributed by atoms with van der Waals surface area (Å²) in [6.07, 6.45) is 1.43. The molecule has 3 aromatic rings. The lowest BCUT2D eigenvalue weighted by molar-refractivity contribution is 0.0952. The van der Waals surface area contributed by atoms with Crippen LogP contribution in [-0.2, 0) is 6.54 Å². The zero-order valence-corrected chi connectivity index (χ0v) is 11.8. The van der Waals surface area contributed by atoms with Gasteiger partial charge in [0.1, 0.15) is 11.4 Å². The molecule has 1 amide bonds. The maximum Gasteiger partial charge on any atom is 0.272 e. The fourth-order valence-corrected chi connectivity index (χ4v) is 2.14. The molecule has 2 heterocycles. The highest BCUT2D eigenvalue weighted by atomic mass is 19.1. The minimum Gasteiger partial charge on any atom is -0.348 e. The molecule has 0 saturated heterocycles. The summed E-state index contributed by atoms with van der Waals surface area (Å²) >= 11 is 0. The SMILES string of the molecule is Cc1cc(=O)n2[nH]cc(C(=O)NCc3ccc(F)cc3)c2n1. The number of H-pyrrole nitrogens is 1. The van der Waals surface area contributed by atoms with Crippen LogP contribution in [0.4, 0.5) is 4.39 Å². The Morgan fingerprint density at radius 1 is 1.36 bits per heavy atom. The van der Waals surface area contributed by atoms with Crippen molar-refractivity contribution in [3.63, 3.8) is 0 Å². The number of carbonyl (C=O) groups is 1. The van der Waals surface area contributed by atoms with Crippen LogP contribution in [0, 0.1) is 12.7 Å². The molecule has 0 atom stereocenters. The standard InChI is InChI=1S/C15H13FN4O2/c1-9-6-13(21)20-14(19-9)12(8-18-20)15(22)17-7-10-2-4-11(16)5-3-10/h2-6,8,18H,7H2,1H3,(H,17,22). The number of halogens is 1. The van der Waals surface area contributed by atoms with E-state index in [4.69, 9.17) is 0 Å². The second-order valence-corrected chi connectivity index (χ2v) is 4.89. The summed E-state index contributed by atoms with van der Waals surface area (Å²) in [5.41, 5.74) is 1.60. The van der Waals surface area contributed by atoms with Crippen LogP contribution < -0.4 is 10.9 Å². The van der Waals surface area contributed by atoms with Crippen molar-refractivity contribution < 1.29 is 9.18 Å². The average molecular weight is 300 g/mol. The van der Waals surface area contributed by atoms with Crippen LogP contribution in [-0.4, -0.2) is 20.5 Å². The van der Waals surface area contributed by atoms with Gasteiger partial charge in [-0.1, -0.05) is 12.1 Å². The van der Waals surface area contributed by atoms with Crippen molar-refractivity contribution in [3.05, 3.63) is 69.5 Å². The van der Waals surface area contributed by atoms with Gasteiger partial charge in [-0.25, -0.2) is 13.9 Å². The van der Waals surface area contributed by atoms with Gasteiger partial charge in [-0.3, -0.25) is 14.7 Å². The molecule has 2 N–H and O–H groups in total. The van der Waals surface area contributed by atoms with Gasteiger partial charge in [0.15, 0.2) is 5.65 Å². The lowest BCUT2D eigenvalue weighted by Gasteiger charge is -2.04. The number of benzene rings is 1. The number of carbonyl (C=O) groups excluding carboxylic acids is 1. The van der Waals surface area contributed by atoms with E-state index in [-0.39, 0.29) is 35.0 Å². The van der Waals surface area contributed by atoms with Crippen LogP contribution in [0.1, 0.15) is 21.6 Å². The number of aromatic nitrogens is 3. The number of aryl methyl sites for hydroxylation is 1. The number of nitrogens with zero attached hydrogens (tertiary/aromatic N) is 2. The summed E-state index contributed by atoms with van der Waals surface area (Å²) in [5.74, 6) is -0.689. The van der Waals surface area contributed by atoms with Crippen molar-refractivity contribution in [2.45, 2.75) is 13.5 Å². The van der Waals surface area contributed by atoms with E-state index in [0.29, 0.717) is 5.69 Å². The Hall–Kier alpha value is -2.96. The second kappa shape index (κ2) is 5.44. The number of hydrogen-bond donors (Lipinski definition) is 2. The molecular formula is C15H13FN4O2. The first-order valence-electron chi connectivity index (χ1n) is 6.65. The normalized spacial score (nSPS) is 10.8. The maximum absolute atomic E-state index is 12.8. The van der Waals surface area contributed by atoms with Gasteiger partial charge in [-0.15, -0.1) is 0 Å². The lowest BCUT2D eigenvalue weighted by atomic mass is 10.2. The zero-order valence-electron chi connectivity index (χ0n) is 11.8. The van der Waals surface area contributed by atoms with Crippen molar-refractivity contribution in [3.8, 4) is 0 Å². The number of amides is 1. The molecule has 22 heavy (non-hydrogen) atoms. The highest BCUT2D eigenvalue weighted by Crippen LogP contribution is 2.07. The topological polar surface area (TPSA) is 79.3 Å². The molecule has 6 nitrogen and oxygen atoms in total. The van der Waals surface area contributed by atoms with Gasteiger partial charge in [0.05, 0.1) is 0 Å². The van der Waals surface area contributed by atoms with Crippen molar-refractivity contribution in [2.24, 2.45) is 0 Å². The first kappa shape index (κ1) is 14.0. The van der Waals surface area contributed by atoms with Gasteiger partial charge in [-0.2, -0.15) is 0 Å². The van der Waals surface area contributed by atoms with E-state index in [1.54, 1.807) is 19.1 Å². The monoisotopic (exact) mass is 300 g/mol. The van der Waals surface area contributed by atoms with E-state index in [9.17, 15) is 14.0 Å². The molecule has 0 bridgehead atoms. The molecule has 0 saturated carbocycles. The number of fused-ring (bicyclic) bond motifs is 1. The molecule has 0 unspecified atom stereocenters. The highest BCUT2D eigenvalue weighted by molar-refractivity contribution is 5.99. The first-order chi connectivity index (χ1) is 10.5. The summed E-state index contributed by atoms with van der Waals surface area (Å²) in [6, 6.07) is 7.23. The smallest absolute Gasteiger partial charge is 0.272 e. The third-order valence-electron chi connectivity index (χ3n) is 3.24. The van der Waals surface area contributed by atoms with Crippen molar-refractivity contribution >= 4 is 11.6 Å². The molecule has 7 heteroatoms. The Morgan fingerprint density at radius 3 is 2.82 bits per heavy atom. The minimum atomic E-state index is -0.361. The summed E-state index contributed by atoms with van der Waals surface area (Å²) in [5, 5.41) is 5.42. The van der Waals surface area contributed by atoms with Gasteiger partial charge in [0, 0.05) is 24.5 Å². The summed E-state index contributed by atoms with van der Waals surface area (Å²) in [6.45, 7) is 1.95. The van der Waals surface area contributed by atoms with E-state index in [1.165, 1.54) is 28.9 Å². The van der Waals surface area contributed by atoms with Gasteiger partial charge < -0.3 is 5.32 Å². The van der Waals surface area contributed by atoms with Crippen molar-refractivity contribution in [1.82, 2.24) is 19.9 Å². The predicted octanol–water partition coefficient (Wildman–Crippen LogP) is 1.40. The third kappa shape index (κ3) is 2.60. The van der Waals surface area contributed by atoms with Gasteiger partial charge in [-0.05, 0) is 24.6 Å². The van der Waals surface area contributed by atoms with Crippen LogP contribution in [0.3, 0.4) is 0 Å². The Bertz CT molecular complexity index is 896. The molecule has 112 valence electrons. The molecule has 3 rings (SSSR count). The molecule has 0 spiro atoms.